The maximum absolute atomic E-state index is 9.00. The van der Waals surface area contributed by atoms with Crippen molar-refractivity contribution in [3.63, 3.8) is 0 Å². The highest BCUT2D eigenvalue weighted by molar-refractivity contribution is 9.10. The number of hydrogen-bond acceptors (Lipinski definition) is 2. The molecule has 1 aliphatic carbocycles. The van der Waals surface area contributed by atoms with E-state index in [4.69, 9.17) is 9.84 Å². The minimum absolute atomic E-state index is 0.148. The fourth-order valence-electron chi connectivity index (χ4n) is 1.88. The molecule has 1 aromatic carbocycles. The number of aliphatic hydroxyl groups is 1. The van der Waals surface area contributed by atoms with Crippen molar-refractivity contribution in [2.75, 3.05) is 0 Å². The molecule has 0 amide bonds. The van der Waals surface area contributed by atoms with Crippen molar-refractivity contribution in [1.29, 1.82) is 0 Å². The van der Waals surface area contributed by atoms with Gasteiger partial charge in [0.05, 0.1) is 0 Å². The third-order valence-corrected chi connectivity index (χ3v) is 3.33. The van der Waals surface area contributed by atoms with Gasteiger partial charge in [-0.3, -0.25) is 0 Å². The summed E-state index contributed by atoms with van der Waals surface area (Å²) in [7, 11) is 0. The van der Waals surface area contributed by atoms with Crippen LogP contribution < -0.4 is 0 Å². The molecule has 0 saturated heterocycles. The van der Waals surface area contributed by atoms with Gasteiger partial charge in [-0.05, 0) is 30.0 Å². The van der Waals surface area contributed by atoms with E-state index in [1.165, 1.54) is 5.56 Å². The molecule has 1 aromatic rings. The van der Waals surface area contributed by atoms with Crippen LogP contribution >= 0.6 is 15.9 Å². The monoisotopic (exact) mass is 252 g/mol. The summed E-state index contributed by atoms with van der Waals surface area (Å²) in [5.41, 5.74) is 1.33. The number of ether oxygens (including phenoxy) is 1. The van der Waals surface area contributed by atoms with E-state index in [9.17, 15) is 0 Å². The Morgan fingerprint density at radius 1 is 1.21 bits per heavy atom. The smallest absolute Gasteiger partial charge is 0.323 e. The van der Waals surface area contributed by atoms with E-state index in [0.29, 0.717) is 11.8 Å². The van der Waals surface area contributed by atoms with Crippen molar-refractivity contribution < 1.29 is 9.84 Å². The molecule has 0 unspecified atom stereocenters. The number of rotatable bonds is 2. The first-order valence-corrected chi connectivity index (χ1v) is 5.41. The molecule has 3 rings (SSSR count). The Bertz CT molecular complexity index is 408. The van der Waals surface area contributed by atoms with Crippen molar-refractivity contribution in [1.82, 2.24) is 0 Å². The Hall–Kier alpha value is -0.960. The molecule has 1 aliphatic heterocycles. The zero-order valence-electron chi connectivity index (χ0n) is 7.40. The molecule has 3 heteroatoms. The zero-order chi connectivity index (χ0) is 9.71. The van der Waals surface area contributed by atoms with E-state index in [1.54, 1.807) is 0 Å². The largest absolute Gasteiger partial charge is 0.478 e. The van der Waals surface area contributed by atoms with E-state index < -0.39 is 0 Å². The fraction of sp³-hybridized carbons (Fsp3) is 0.273. The molecule has 1 saturated carbocycles. The van der Waals surface area contributed by atoms with Crippen molar-refractivity contribution in [2.24, 2.45) is 5.92 Å². The Balaban J connectivity index is 1.77. The molecule has 72 valence electrons. The van der Waals surface area contributed by atoms with Crippen LogP contribution in [-0.4, -0.2) is 5.11 Å². The molecule has 2 atom stereocenters. The Morgan fingerprint density at radius 2 is 1.86 bits per heavy atom. The molecule has 1 heterocycles. The topological polar surface area (TPSA) is 32.8 Å². The van der Waals surface area contributed by atoms with E-state index in [0.717, 1.165) is 16.7 Å². The van der Waals surface area contributed by atoms with Crippen LogP contribution in [0.2, 0.25) is 0 Å². The van der Waals surface area contributed by atoms with E-state index in [-0.39, 0.29) is 5.95 Å². The Kier molecular flexibility index (Phi) is 1.65. The summed E-state index contributed by atoms with van der Waals surface area (Å²) in [5.74, 6) is 1.92. The van der Waals surface area contributed by atoms with Gasteiger partial charge in [-0.1, -0.05) is 28.1 Å². The van der Waals surface area contributed by atoms with Crippen LogP contribution in [0.3, 0.4) is 0 Å². The van der Waals surface area contributed by atoms with Gasteiger partial charge in [0.2, 0.25) is 0 Å². The summed E-state index contributed by atoms with van der Waals surface area (Å²) in [6, 6.07) is 8.34. The van der Waals surface area contributed by atoms with Crippen molar-refractivity contribution in [3.05, 3.63) is 46.0 Å². The minimum atomic E-state index is 0.148. The molecule has 1 N–H and O–H groups in total. The molecule has 0 spiro atoms. The van der Waals surface area contributed by atoms with Gasteiger partial charge in [-0.15, -0.1) is 0 Å². The summed E-state index contributed by atoms with van der Waals surface area (Å²) < 4.78 is 6.00. The van der Waals surface area contributed by atoms with Gasteiger partial charge in [0.25, 0.3) is 0 Å². The second-order valence-electron chi connectivity index (χ2n) is 3.77. The predicted octanol–water partition coefficient (Wildman–Crippen LogP) is 3.31. The van der Waals surface area contributed by atoms with Crippen LogP contribution in [0.4, 0.5) is 0 Å². The van der Waals surface area contributed by atoms with Crippen molar-refractivity contribution in [2.45, 2.75) is 12.3 Å². The maximum atomic E-state index is 9.00. The molecule has 0 radical (unpaired) electrons. The lowest BCUT2D eigenvalue weighted by Gasteiger charge is -1.97. The van der Waals surface area contributed by atoms with Gasteiger partial charge in [0, 0.05) is 10.4 Å². The second kappa shape index (κ2) is 2.76. The maximum Gasteiger partial charge on any atom is 0.323 e. The lowest BCUT2D eigenvalue weighted by molar-refractivity contribution is 0.272. The van der Waals surface area contributed by atoms with E-state index >= 15 is 0 Å². The molecular formula is C11H9BrO2. The van der Waals surface area contributed by atoms with Gasteiger partial charge in [-0.2, -0.15) is 0 Å². The first kappa shape index (κ1) is 8.36. The number of halogens is 1. The highest BCUT2D eigenvalue weighted by Gasteiger charge is 2.49. The number of hydrogen-bond donors (Lipinski definition) is 1. The van der Waals surface area contributed by atoms with Crippen LogP contribution in [0.1, 0.15) is 17.9 Å². The second-order valence-corrected chi connectivity index (χ2v) is 4.69. The average Bonchev–Trinajstić information content (AvgIpc) is 3.02. The van der Waals surface area contributed by atoms with Gasteiger partial charge in [0.1, 0.15) is 0 Å². The molecule has 2 nitrogen and oxygen atoms in total. The highest BCUT2D eigenvalue weighted by Crippen LogP contribution is 2.56. The van der Waals surface area contributed by atoms with Gasteiger partial charge >= 0.3 is 5.95 Å². The first-order valence-electron chi connectivity index (χ1n) is 4.62. The summed E-state index contributed by atoms with van der Waals surface area (Å²) in [6.07, 6.45) is 1.10. The normalized spacial score (nSPS) is 28.6. The highest BCUT2D eigenvalue weighted by atomic mass is 79.9. The zero-order valence-corrected chi connectivity index (χ0v) is 8.99. The minimum Gasteiger partial charge on any atom is -0.478 e. The summed E-state index contributed by atoms with van der Waals surface area (Å²) >= 11 is 3.41. The number of benzene rings is 1. The fourth-order valence-corrected chi connectivity index (χ4v) is 2.14. The molecule has 1 fully saturated rings. The number of aliphatic hydroxyl groups excluding tert-OH is 1. The predicted molar refractivity (Wildman–Crippen MR) is 55.7 cm³/mol. The lowest BCUT2D eigenvalue weighted by Crippen LogP contribution is -1.81. The van der Waals surface area contributed by atoms with Crippen molar-refractivity contribution >= 4 is 15.9 Å². The standard InChI is InChI=1S/C11H9BrO2/c12-7-3-1-6(2-4-7)8-5-9(8)10-11(13)14-10/h1-4,8-9,13H,5H2/t8-,9+/m1/s1. The van der Waals surface area contributed by atoms with Crippen LogP contribution in [-0.2, 0) is 4.74 Å². The first-order chi connectivity index (χ1) is 6.75. The lowest BCUT2D eigenvalue weighted by atomic mass is 10.1. The molecule has 0 aromatic heterocycles. The van der Waals surface area contributed by atoms with Crippen molar-refractivity contribution in [3.8, 4) is 0 Å². The molecular weight excluding hydrogens is 244 g/mol. The third kappa shape index (κ3) is 1.32. The summed E-state index contributed by atoms with van der Waals surface area (Å²) in [4.78, 5) is 0. The van der Waals surface area contributed by atoms with Crippen LogP contribution in [0.25, 0.3) is 0 Å². The van der Waals surface area contributed by atoms with Gasteiger partial charge in [-0.25, -0.2) is 0 Å². The van der Waals surface area contributed by atoms with E-state index in [1.807, 2.05) is 12.1 Å². The van der Waals surface area contributed by atoms with Gasteiger partial charge < -0.3 is 9.84 Å². The average molecular weight is 253 g/mol. The van der Waals surface area contributed by atoms with Crippen LogP contribution in [0, 0.1) is 5.92 Å². The molecule has 2 aliphatic rings. The summed E-state index contributed by atoms with van der Waals surface area (Å²) in [5, 5.41) is 9.00. The Labute approximate surface area is 90.3 Å². The molecule has 14 heavy (non-hydrogen) atoms. The quantitative estimate of drug-likeness (QED) is 0.876. The third-order valence-electron chi connectivity index (χ3n) is 2.80. The van der Waals surface area contributed by atoms with E-state index in [2.05, 4.69) is 28.1 Å². The number of allylic oxidation sites excluding steroid dienone is 1. The van der Waals surface area contributed by atoms with Gasteiger partial charge in [0.15, 0.2) is 5.76 Å². The van der Waals surface area contributed by atoms with Crippen LogP contribution in [0.15, 0.2) is 40.4 Å². The summed E-state index contributed by atoms with van der Waals surface area (Å²) in [6.45, 7) is 0. The van der Waals surface area contributed by atoms with Crippen LogP contribution in [0.5, 0.6) is 0 Å². The SMILES string of the molecule is OC1=C([C@H]2C[C@@H]2c2ccc(Br)cc2)O1. The Morgan fingerprint density at radius 3 is 2.43 bits per heavy atom. The molecule has 0 bridgehead atoms.